The fourth-order valence-corrected chi connectivity index (χ4v) is 5.88. The normalized spacial score (nSPS) is 17.0. The number of aryl methyl sites for hydroxylation is 1. The first kappa shape index (κ1) is 28.8. The molecular formula is C32H34BrN5O2S. The Bertz CT molecular complexity index is 1600. The van der Waals surface area contributed by atoms with Gasteiger partial charge in [0.1, 0.15) is 5.75 Å². The molecule has 2 unspecified atom stereocenters. The Kier molecular flexibility index (Phi) is 7.94. The lowest BCUT2D eigenvalue weighted by Crippen LogP contribution is -2.30. The maximum absolute atomic E-state index is 12.7. The van der Waals surface area contributed by atoms with Crippen LogP contribution in [0, 0.1) is 19.3 Å². The Morgan fingerprint density at radius 3 is 2.39 bits per heavy atom. The maximum Gasteiger partial charge on any atom is 0.229 e. The molecule has 2 aromatic carbocycles. The van der Waals surface area contributed by atoms with Crippen LogP contribution in [0.15, 0.2) is 77.4 Å². The second kappa shape index (κ2) is 11.3. The SMILES string of the molecule is COc1cc(N2C(=S)NC(c3ccccn3)C2c2cc(C)n(-c3ccc(Br)cc3)c2C)ccc1NC(=O)C(C)(C)C. The molecule has 2 aromatic heterocycles. The molecule has 2 N–H and O–H groups in total. The highest BCUT2D eigenvalue weighted by molar-refractivity contribution is 9.10. The molecule has 9 heteroatoms. The van der Waals surface area contributed by atoms with Crippen molar-refractivity contribution in [2.24, 2.45) is 5.41 Å². The van der Waals surface area contributed by atoms with E-state index in [4.69, 9.17) is 21.9 Å². The minimum atomic E-state index is -0.539. The second-order valence-electron chi connectivity index (χ2n) is 11.2. The zero-order valence-corrected chi connectivity index (χ0v) is 26.4. The van der Waals surface area contributed by atoms with Crippen LogP contribution >= 0.6 is 28.1 Å². The number of amides is 1. The number of pyridine rings is 1. The van der Waals surface area contributed by atoms with E-state index in [1.165, 1.54) is 0 Å². The van der Waals surface area contributed by atoms with E-state index in [1.807, 2.05) is 57.2 Å². The molecule has 1 amide bonds. The third-order valence-electron chi connectivity index (χ3n) is 7.36. The third-order valence-corrected chi connectivity index (χ3v) is 8.21. The predicted molar refractivity (Wildman–Crippen MR) is 172 cm³/mol. The van der Waals surface area contributed by atoms with E-state index in [0.29, 0.717) is 16.5 Å². The number of hydrogen-bond donors (Lipinski definition) is 2. The number of nitrogens with zero attached hydrogens (tertiary/aromatic N) is 3. The summed E-state index contributed by atoms with van der Waals surface area (Å²) in [4.78, 5) is 19.5. The van der Waals surface area contributed by atoms with Gasteiger partial charge in [-0.15, -0.1) is 0 Å². The first-order valence-electron chi connectivity index (χ1n) is 13.4. The van der Waals surface area contributed by atoms with Crippen molar-refractivity contribution >= 4 is 50.5 Å². The monoisotopic (exact) mass is 631 g/mol. The zero-order valence-electron chi connectivity index (χ0n) is 24.0. The maximum atomic E-state index is 12.7. The van der Waals surface area contributed by atoms with Crippen molar-refractivity contribution in [3.05, 3.63) is 100 Å². The number of ether oxygens (including phenoxy) is 1. The van der Waals surface area contributed by atoms with E-state index in [1.54, 1.807) is 13.3 Å². The summed E-state index contributed by atoms with van der Waals surface area (Å²) in [5.41, 5.74) is 6.29. The predicted octanol–water partition coefficient (Wildman–Crippen LogP) is 7.42. The van der Waals surface area contributed by atoms with Crippen LogP contribution in [0.25, 0.3) is 5.69 Å². The molecule has 1 fully saturated rings. The van der Waals surface area contributed by atoms with E-state index in [2.05, 4.69) is 80.2 Å². The fraction of sp³-hybridized carbons (Fsp3) is 0.281. The number of nitrogens with one attached hydrogen (secondary N) is 2. The molecule has 4 aromatic rings. The summed E-state index contributed by atoms with van der Waals surface area (Å²) >= 11 is 9.51. The largest absolute Gasteiger partial charge is 0.494 e. The fourth-order valence-electron chi connectivity index (χ4n) is 5.27. The first-order chi connectivity index (χ1) is 19.5. The first-order valence-corrected chi connectivity index (χ1v) is 14.6. The number of aromatic nitrogens is 2. The number of methoxy groups -OCH3 is 1. The highest BCUT2D eigenvalue weighted by Crippen LogP contribution is 2.45. The minimum absolute atomic E-state index is 0.0876. The van der Waals surface area contributed by atoms with Crippen LogP contribution in [0.2, 0.25) is 0 Å². The molecule has 1 aliphatic heterocycles. The lowest BCUT2D eigenvalue weighted by molar-refractivity contribution is -0.123. The number of thiocarbonyl (C=S) groups is 1. The molecule has 0 bridgehead atoms. The van der Waals surface area contributed by atoms with E-state index in [-0.39, 0.29) is 18.0 Å². The Morgan fingerprint density at radius 2 is 1.76 bits per heavy atom. The van der Waals surface area contributed by atoms with Crippen LogP contribution in [0.5, 0.6) is 5.75 Å². The summed E-state index contributed by atoms with van der Waals surface area (Å²) in [6.07, 6.45) is 1.81. The van der Waals surface area contributed by atoms with Crippen LogP contribution in [0.3, 0.4) is 0 Å². The number of carbonyl (C=O) groups is 1. The van der Waals surface area contributed by atoms with Gasteiger partial charge in [0, 0.05) is 44.9 Å². The average Bonchev–Trinajstić information content (AvgIpc) is 3.44. The number of halogens is 1. The Balaban J connectivity index is 1.62. The highest BCUT2D eigenvalue weighted by atomic mass is 79.9. The van der Waals surface area contributed by atoms with E-state index in [0.717, 1.165) is 38.5 Å². The molecule has 41 heavy (non-hydrogen) atoms. The van der Waals surface area contributed by atoms with Crippen molar-refractivity contribution in [1.29, 1.82) is 0 Å². The Morgan fingerprint density at radius 1 is 1.05 bits per heavy atom. The van der Waals surface area contributed by atoms with Gasteiger partial charge in [-0.1, -0.05) is 42.8 Å². The van der Waals surface area contributed by atoms with Gasteiger partial charge in [0.05, 0.1) is 30.6 Å². The topological polar surface area (TPSA) is 71.4 Å². The molecule has 7 nitrogen and oxygen atoms in total. The molecule has 0 spiro atoms. The molecule has 2 atom stereocenters. The Labute approximate surface area is 255 Å². The van der Waals surface area contributed by atoms with Crippen molar-refractivity contribution in [3.8, 4) is 11.4 Å². The quantitative estimate of drug-likeness (QED) is 0.216. The van der Waals surface area contributed by atoms with E-state index >= 15 is 0 Å². The molecule has 0 saturated carbocycles. The van der Waals surface area contributed by atoms with E-state index < -0.39 is 5.41 Å². The van der Waals surface area contributed by atoms with Gasteiger partial charge in [-0.2, -0.15) is 0 Å². The van der Waals surface area contributed by atoms with Crippen LogP contribution in [0.1, 0.15) is 55.5 Å². The lowest BCUT2D eigenvalue weighted by Gasteiger charge is -2.29. The van der Waals surface area contributed by atoms with Gasteiger partial charge >= 0.3 is 0 Å². The van der Waals surface area contributed by atoms with E-state index in [9.17, 15) is 4.79 Å². The number of rotatable bonds is 6. The van der Waals surface area contributed by atoms with Crippen LogP contribution in [0.4, 0.5) is 11.4 Å². The van der Waals surface area contributed by atoms with Gasteiger partial charge in [-0.05, 0) is 86.2 Å². The summed E-state index contributed by atoms with van der Waals surface area (Å²) in [6.45, 7) is 9.90. The van der Waals surface area contributed by atoms with Crippen molar-refractivity contribution in [1.82, 2.24) is 14.9 Å². The number of benzene rings is 2. The number of carbonyl (C=O) groups excluding carboxylic acids is 1. The standard InChI is InChI=1S/C32H34BrN5O2S/c1-19-17-24(20(2)37(19)22-12-10-21(33)11-13-22)29-28(26-9-7-8-16-34-26)36-31(41)38(29)23-14-15-25(27(18-23)40-6)35-30(39)32(3,4)5/h7-18,28-29H,1-6H3,(H,35,39)(H,36,41). The van der Waals surface area contributed by atoms with Gasteiger partial charge in [-0.25, -0.2) is 0 Å². The molecular weight excluding hydrogens is 598 g/mol. The van der Waals surface area contributed by atoms with Crippen molar-refractivity contribution in [2.45, 2.75) is 46.7 Å². The van der Waals surface area contributed by atoms with Gasteiger partial charge in [0.15, 0.2) is 5.11 Å². The van der Waals surface area contributed by atoms with Crippen LogP contribution in [-0.2, 0) is 4.79 Å². The smallest absolute Gasteiger partial charge is 0.229 e. The van der Waals surface area contributed by atoms with Crippen LogP contribution in [-0.4, -0.2) is 27.7 Å². The molecule has 0 radical (unpaired) electrons. The van der Waals surface area contributed by atoms with Gasteiger partial charge in [0.25, 0.3) is 0 Å². The van der Waals surface area contributed by atoms with Crippen LogP contribution < -0.4 is 20.3 Å². The molecule has 5 rings (SSSR count). The van der Waals surface area contributed by atoms with Gasteiger partial charge in [-0.3, -0.25) is 9.78 Å². The van der Waals surface area contributed by atoms with Crippen molar-refractivity contribution < 1.29 is 9.53 Å². The lowest BCUT2D eigenvalue weighted by atomic mass is 9.95. The zero-order chi connectivity index (χ0) is 29.5. The minimum Gasteiger partial charge on any atom is -0.494 e. The summed E-state index contributed by atoms with van der Waals surface area (Å²) in [5, 5.41) is 7.14. The van der Waals surface area contributed by atoms with Crippen molar-refractivity contribution in [2.75, 3.05) is 17.3 Å². The molecule has 0 aliphatic carbocycles. The third kappa shape index (κ3) is 5.61. The van der Waals surface area contributed by atoms with Crippen molar-refractivity contribution in [3.63, 3.8) is 0 Å². The number of hydrogen-bond acceptors (Lipinski definition) is 4. The summed E-state index contributed by atoms with van der Waals surface area (Å²) in [7, 11) is 1.60. The summed E-state index contributed by atoms with van der Waals surface area (Å²) in [6, 6.07) is 21.9. The molecule has 212 valence electrons. The summed E-state index contributed by atoms with van der Waals surface area (Å²) < 4.78 is 9.04. The summed E-state index contributed by atoms with van der Waals surface area (Å²) in [5.74, 6) is 0.471. The second-order valence-corrected chi connectivity index (χ2v) is 12.5. The number of anilines is 2. The molecule has 1 aliphatic rings. The Hall–Kier alpha value is -3.69. The molecule has 1 saturated heterocycles. The molecule has 3 heterocycles. The highest BCUT2D eigenvalue weighted by Gasteiger charge is 2.42. The average molecular weight is 633 g/mol. The van der Waals surface area contributed by atoms with Gasteiger partial charge < -0.3 is 24.8 Å². The van der Waals surface area contributed by atoms with Gasteiger partial charge in [0.2, 0.25) is 5.91 Å².